The lowest BCUT2D eigenvalue weighted by Gasteiger charge is -2.23. The van der Waals surface area contributed by atoms with Gasteiger partial charge in [0.2, 0.25) is 0 Å². The number of benzene rings is 2. The zero-order valence-corrected chi connectivity index (χ0v) is 14.7. The van der Waals surface area contributed by atoms with E-state index in [-0.39, 0.29) is 12.3 Å². The number of hydrogen-bond donors (Lipinski definition) is 1. The standard InChI is InChI=1S/C19H20ClNO4/c1-25-17-12-15(9-10-16(17)20)19(24)21(11-5-8-18(22)23)13-14-6-3-2-4-7-14/h2-4,6-7,9-10,12H,5,8,11,13H2,1H3,(H,22,23). The van der Waals surface area contributed by atoms with E-state index in [0.717, 1.165) is 5.56 Å². The molecular formula is C19H20ClNO4. The monoisotopic (exact) mass is 361 g/mol. The zero-order valence-electron chi connectivity index (χ0n) is 13.9. The van der Waals surface area contributed by atoms with E-state index in [4.69, 9.17) is 21.4 Å². The van der Waals surface area contributed by atoms with E-state index < -0.39 is 5.97 Å². The summed E-state index contributed by atoms with van der Waals surface area (Å²) < 4.78 is 5.17. The Morgan fingerprint density at radius 2 is 1.88 bits per heavy atom. The largest absolute Gasteiger partial charge is 0.495 e. The second-order valence-electron chi connectivity index (χ2n) is 5.56. The topological polar surface area (TPSA) is 66.8 Å². The van der Waals surface area contributed by atoms with Crippen LogP contribution in [0.2, 0.25) is 5.02 Å². The summed E-state index contributed by atoms with van der Waals surface area (Å²) in [5.74, 6) is -0.637. The first-order valence-corrected chi connectivity index (χ1v) is 8.27. The van der Waals surface area contributed by atoms with Gasteiger partial charge >= 0.3 is 5.97 Å². The zero-order chi connectivity index (χ0) is 18.2. The summed E-state index contributed by atoms with van der Waals surface area (Å²) in [5.41, 5.74) is 1.43. The van der Waals surface area contributed by atoms with Crippen LogP contribution in [-0.2, 0) is 11.3 Å². The molecule has 0 saturated heterocycles. The molecule has 132 valence electrons. The van der Waals surface area contributed by atoms with Gasteiger partial charge in [0.15, 0.2) is 0 Å². The van der Waals surface area contributed by atoms with Crippen LogP contribution in [0, 0.1) is 0 Å². The molecule has 2 rings (SSSR count). The van der Waals surface area contributed by atoms with E-state index >= 15 is 0 Å². The summed E-state index contributed by atoms with van der Waals surface area (Å²) in [5, 5.41) is 9.27. The minimum atomic E-state index is -0.875. The summed E-state index contributed by atoms with van der Waals surface area (Å²) in [6, 6.07) is 14.4. The van der Waals surface area contributed by atoms with Gasteiger partial charge in [0.25, 0.3) is 5.91 Å². The predicted octanol–water partition coefficient (Wildman–Crippen LogP) is 3.86. The Bertz CT molecular complexity index is 733. The molecule has 0 aliphatic rings. The first kappa shape index (κ1) is 18.8. The Kier molecular flexibility index (Phi) is 6.83. The summed E-state index contributed by atoms with van der Waals surface area (Å²) in [6.07, 6.45) is 0.404. The maximum atomic E-state index is 12.9. The van der Waals surface area contributed by atoms with Gasteiger partial charge < -0.3 is 14.7 Å². The van der Waals surface area contributed by atoms with E-state index in [9.17, 15) is 9.59 Å². The highest BCUT2D eigenvalue weighted by molar-refractivity contribution is 6.32. The first-order chi connectivity index (χ1) is 12.0. The maximum Gasteiger partial charge on any atom is 0.303 e. The van der Waals surface area contributed by atoms with Gasteiger partial charge in [-0.05, 0) is 30.2 Å². The van der Waals surface area contributed by atoms with Gasteiger partial charge in [-0.2, -0.15) is 0 Å². The molecule has 0 aliphatic carbocycles. The van der Waals surface area contributed by atoms with Gasteiger partial charge in [-0.3, -0.25) is 9.59 Å². The van der Waals surface area contributed by atoms with Gasteiger partial charge in [0.1, 0.15) is 5.75 Å². The van der Waals surface area contributed by atoms with Crippen LogP contribution < -0.4 is 4.74 Å². The summed E-state index contributed by atoms with van der Waals surface area (Å²) >= 11 is 6.01. The van der Waals surface area contributed by atoms with Crippen LogP contribution in [0.15, 0.2) is 48.5 Å². The highest BCUT2D eigenvalue weighted by atomic mass is 35.5. The van der Waals surface area contributed by atoms with Crippen molar-refractivity contribution in [1.82, 2.24) is 4.90 Å². The summed E-state index contributed by atoms with van der Waals surface area (Å²) in [4.78, 5) is 25.3. The molecule has 0 radical (unpaired) electrons. The van der Waals surface area contributed by atoms with Crippen LogP contribution in [0.4, 0.5) is 0 Å². The van der Waals surface area contributed by atoms with E-state index in [1.807, 2.05) is 30.3 Å². The number of ether oxygens (including phenoxy) is 1. The van der Waals surface area contributed by atoms with Crippen molar-refractivity contribution in [3.8, 4) is 5.75 Å². The lowest BCUT2D eigenvalue weighted by molar-refractivity contribution is -0.137. The number of amides is 1. The molecule has 1 amide bonds. The molecule has 0 bridgehead atoms. The fourth-order valence-corrected chi connectivity index (χ4v) is 2.65. The van der Waals surface area contributed by atoms with Crippen LogP contribution in [0.25, 0.3) is 0 Å². The van der Waals surface area contributed by atoms with Crippen molar-refractivity contribution in [3.63, 3.8) is 0 Å². The van der Waals surface area contributed by atoms with Crippen molar-refractivity contribution in [2.75, 3.05) is 13.7 Å². The van der Waals surface area contributed by atoms with Crippen LogP contribution in [-0.4, -0.2) is 35.5 Å². The molecule has 25 heavy (non-hydrogen) atoms. The molecule has 0 heterocycles. The fraction of sp³-hybridized carbons (Fsp3) is 0.263. The smallest absolute Gasteiger partial charge is 0.303 e. The third-order valence-electron chi connectivity index (χ3n) is 3.72. The molecule has 6 heteroatoms. The molecule has 0 fully saturated rings. The highest BCUT2D eigenvalue weighted by Gasteiger charge is 2.18. The van der Waals surface area contributed by atoms with E-state index in [0.29, 0.717) is 35.8 Å². The average Bonchev–Trinajstić information content (AvgIpc) is 2.61. The first-order valence-electron chi connectivity index (χ1n) is 7.90. The lowest BCUT2D eigenvalue weighted by Crippen LogP contribution is -2.31. The quantitative estimate of drug-likeness (QED) is 0.775. The minimum Gasteiger partial charge on any atom is -0.495 e. The number of hydrogen-bond acceptors (Lipinski definition) is 3. The lowest BCUT2D eigenvalue weighted by atomic mass is 10.1. The van der Waals surface area contributed by atoms with Crippen LogP contribution >= 0.6 is 11.6 Å². The van der Waals surface area contributed by atoms with Gasteiger partial charge in [-0.25, -0.2) is 0 Å². The molecule has 0 aliphatic heterocycles. The van der Waals surface area contributed by atoms with Crippen molar-refractivity contribution < 1.29 is 19.4 Å². The number of carboxylic acid groups (broad SMARTS) is 1. The summed E-state index contributed by atoms with van der Waals surface area (Å²) in [7, 11) is 1.49. The van der Waals surface area contributed by atoms with Gasteiger partial charge in [-0.1, -0.05) is 41.9 Å². The Labute approximate surface area is 151 Å². The van der Waals surface area contributed by atoms with E-state index in [1.165, 1.54) is 7.11 Å². The Hall–Kier alpha value is -2.53. The van der Waals surface area contributed by atoms with Crippen molar-refractivity contribution in [2.45, 2.75) is 19.4 Å². The highest BCUT2D eigenvalue weighted by Crippen LogP contribution is 2.26. The van der Waals surface area contributed by atoms with Gasteiger partial charge in [0, 0.05) is 25.1 Å². The number of methoxy groups -OCH3 is 1. The summed E-state index contributed by atoms with van der Waals surface area (Å²) in [6.45, 7) is 0.759. The molecule has 2 aromatic carbocycles. The van der Waals surface area contributed by atoms with Crippen molar-refractivity contribution >= 4 is 23.5 Å². The second-order valence-corrected chi connectivity index (χ2v) is 5.97. The molecule has 0 spiro atoms. The number of carbonyl (C=O) groups excluding carboxylic acids is 1. The van der Waals surface area contributed by atoms with Crippen molar-refractivity contribution in [3.05, 3.63) is 64.7 Å². The molecule has 5 nitrogen and oxygen atoms in total. The van der Waals surface area contributed by atoms with Crippen LogP contribution in [0.3, 0.4) is 0 Å². The SMILES string of the molecule is COc1cc(C(=O)N(CCCC(=O)O)Cc2ccccc2)ccc1Cl. The third kappa shape index (κ3) is 5.50. The number of rotatable bonds is 8. The Morgan fingerprint density at radius 1 is 1.16 bits per heavy atom. The number of carboxylic acids is 1. The number of aliphatic carboxylic acids is 1. The van der Waals surface area contributed by atoms with E-state index in [1.54, 1.807) is 23.1 Å². The molecule has 0 aromatic heterocycles. The maximum absolute atomic E-state index is 12.9. The van der Waals surface area contributed by atoms with Crippen molar-refractivity contribution in [2.24, 2.45) is 0 Å². The number of carbonyl (C=O) groups is 2. The normalized spacial score (nSPS) is 10.3. The number of nitrogens with zero attached hydrogens (tertiary/aromatic N) is 1. The minimum absolute atomic E-state index is 0.0164. The molecule has 2 aromatic rings. The third-order valence-corrected chi connectivity index (χ3v) is 4.03. The molecule has 0 unspecified atom stereocenters. The Morgan fingerprint density at radius 3 is 2.52 bits per heavy atom. The van der Waals surface area contributed by atoms with Crippen LogP contribution in [0.1, 0.15) is 28.8 Å². The predicted molar refractivity (Wildman–Crippen MR) is 96.1 cm³/mol. The van der Waals surface area contributed by atoms with Gasteiger partial charge in [0.05, 0.1) is 12.1 Å². The van der Waals surface area contributed by atoms with Gasteiger partial charge in [-0.15, -0.1) is 0 Å². The molecule has 0 saturated carbocycles. The number of halogens is 1. The van der Waals surface area contributed by atoms with E-state index in [2.05, 4.69) is 0 Å². The average molecular weight is 362 g/mol. The molecule has 1 N–H and O–H groups in total. The fourth-order valence-electron chi connectivity index (χ4n) is 2.45. The second kappa shape index (κ2) is 9.08. The Balaban J connectivity index is 2.20. The molecule has 0 atom stereocenters. The molecular weight excluding hydrogens is 342 g/mol. The van der Waals surface area contributed by atoms with Crippen LogP contribution in [0.5, 0.6) is 5.75 Å². The van der Waals surface area contributed by atoms with Crippen molar-refractivity contribution in [1.29, 1.82) is 0 Å².